The largest absolute Gasteiger partial charge is 0.275 e. The van der Waals surface area contributed by atoms with Crippen LogP contribution in [-0.2, 0) is 0 Å². The molecule has 0 saturated carbocycles. The fourth-order valence-electron chi connectivity index (χ4n) is 5.65. The fourth-order valence-corrected chi connectivity index (χ4v) is 11.5. The highest BCUT2D eigenvalue weighted by Crippen LogP contribution is 2.66. The predicted molar refractivity (Wildman–Crippen MR) is 149 cm³/mol. The van der Waals surface area contributed by atoms with Gasteiger partial charge in [-0.1, -0.05) is 105 Å². The van der Waals surface area contributed by atoms with Gasteiger partial charge in [-0.15, -0.1) is 0 Å². The van der Waals surface area contributed by atoms with E-state index in [1.165, 1.54) is 122 Å². The Morgan fingerprint density at radius 3 is 1.00 bits per heavy atom. The highest BCUT2D eigenvalue weighted by atomic mass is 31.2. The van der Waals surface area contributed by atoms with E-state index in [1.54, 1.807) is 18.5 Å². The van der Waals surface area contributed by atoms with Crippen LogP contribution in [-0.4, -0.2) is 43.3 Å². The second kappa shape index (κ2) is 22.2. The summed E-state index contributed by atoms with van der Waals surface area (Å²) in [6.07, 6.45) is 32.3. The topological polar surface area (TPSA) is 3.24 Å². The summed E-state index contributed by atoms with van der Waals surface area (Å²) in [6, 6.07) is 0. The smallest absolute Gasteiger partial charge is 0.121 e. The zero-order valence-electron chi connectivity index (χ0n) is 23.0. The third-order valence-corrected chi connectivity index (χ3v) is 13.2. The van der Waals surface area contributed by atoms with Gasteiger partial charge in [0.05, 0.1) is 18.5 Å². The van der Waals surface area contributed by atoms with Crippen molar-refractivity contribution < 1.29 is 0 Å². The molecule has 0 rings (SSSR count). The molecule has 31 heavy (non-hydrogen) atoms. The molecule has 2 heteroatoms. The minimum atomic E-state index is -0.903. The molecule has 0 aliphatic heterocycles. The Balaban J connectivity index is 4.98. The van der Waals surface area contributed by atoms with E-state index in [0.29, 0.717) is 0 Å². The highest BCUT2D eigenvalue weighted by molar-refractivity contribution is 7.76. The number of unbranched alkanes of at least 4 members (excludes halogenated alkanes) is 15. The number of hydrogen-bond donors (Lipinski definition) is 0. The maximum Gasteiger partial charge on any atom is 0.121 e. The number of rotatable bonds is 24. The lowest BCUT2D eigenvalue weighted by atomic mass is 10.1. The van der Waals surface area contributed by atoms with Crippen molar-refractivity contribution in [2.75, 3.05) is 32.6 Å². The van der Waals surface area contributed by atoms with E-state index in [9.17, 15) is 0 Å². The van der Waals surface area contributed by atoms with Gasteiger partial charge in [0.15, 0.2) is 0 Å². The average molecular weight is 457 g/mol. The van der Waals surface area contributed by atoms with Gasteiger partial charge in [-0.25, -0.2) is 0 Å². The van der Waals surface area contributed by atoms with Crippen LogP contribution in [0.1, 0.15) is 150 Å². The van der Waals surface area contributed by atoms with Gasteiger partial charge >= 0.3 is 0 Å². The SMILES string of the molecule is CCCCCCCC[P+](CCCCCCCC)(CCCCCCCC)C(CC)N(C)C. The van der Waals surface area contributed by atoms with Gasteiger partial charge in [0, 0.05) is 7.26 Å². The first-order valence-electron chi connectivity index (χ1n) is 14.6. The molecule has 1 atom stereocenters. The Morgan fingerprint density at radius 1 is 0.452 bits per heavy atom. The Bertz CT molecular complexity index is 314. The molecule has 0 fully saturated rings. The molecular weight excluding hydrogens is 393 g/mol. The Morgan fingerprint density at radius 2 is 0.742 bits per heavy atom. The third kappa shape index (κ3) is 15.8. The maximum atomic E-state index is 2.64. The zero-order valence-corrected chi connectivity index (χ0v) is 23.9. The molecular formula is C29H63NP+. The fraction of sp³-hybridized carbons (Fsp3) is 1.00. The molecule has 0 bridgehead atoms. The van der Waals surface area contributed by atoms with E-state index in [0.717, 1.165) is 5.78 Å². The number of nitrogens with zero attached hydrogens (tertiary/aromatic N) is 1. The summed E-state index contributed by atoms with van der Waals surface area (Å²) in [4.78, 5) is 2.64. The van der Waals surface area contributed by atoms with Gasteiger partial charge in [0.1, 0.15) is 5.78 Å². The van der Waals surface area contributed by atoms with Gasteiger partial charge in [-0.3, -0.25) is 4.90 Å². The highest BCUT2D eigenvalue weighted by Gasteiger charge is 2.44. The van der Waals surface area contributed by atoms with Gasteiger partial charge in [0.2, 0.25) is 0 Å². The van der Waals surface area contributed by atoms with E-state index in [1.807, 2.05) is 0 Å². The van der Waals surface area contributed by atoms with E-state index in [2.05, 4.69) is 46.7 Å². The van der Waals surface area contributed by atoms with Crippen molar-refractivity contribution in [2.24, 2.45) is 0 Å². The van der Waals surface area contributed by atoms with E-state index in [-0.39, 0.29) is 0 Å². The standard InChI is InChI=1S/C29H63NP/c1-7-11-14-17-20-23-26-31(29(10-4)30(5)6,27-24-21-18-15-12-8-2)28-25-22-19-16-13-9-3/h29H,7-28H2,1-6H3/q+1. The zero-order chi connectivity index (χ0) is 23.2. The molecule has 1 unspecified atom stereocenters. The minimum absolute atomic E-state index is 0.870. The Labute approximate surface area is 200 Å². The van der Waals surface area contributed by atoms with Crippen molar-refractivity contribution in [1.29, 1.82) is 0 Å². The first kappa shape index (κ1) is 31.4. The van der Waals surface area contributed by atoms with Crippen LogP contribution in [0.15, 0.2) is 0 Å². The normalized spacial score (nSPS) is 13.3. The van der Waals surface area contributed by atoms with Crippen LogP contribution in [0.2, 0.25) is 0 Å². The lowest BCUT2D eigenvalue weighted by Gasteiger charge is -2.38. The van der Waals surface area contributed by atoms with Crippen LogP contribution >= 0.6 is 7.26 Å². The van der Waals surface area contributed by atoms with Crippen LogP contribution < -0.4 is 0 Å². The molecule has 0 heterocycles. The van der Waals surface area contributed by atoms with Crippen molar-refractivity contribution in [3.8, 4) is 0 Å². The van der Waals surface area contributed by atoms with Gasteiger partial charge in [-0.2, -0.15) is 0 Å². The molecule has 0 aliphatic carbocycles. The van der Waals surface area contributed by atoms with Crippen molar-refractivity contribution in [2.45, 2.75) is 155 Å². The lowest BCUT2D eigenvalue weighted by molar-refractivity contribution is 0.363. The Kier molecular flexibility index (Phi) is 22.5. The van der Waals surface area contributed by atoms with E-state index >= 15 is 0 Å². The molecule has 188 valence electrons. The number of hydrogen-bond acceptors (Lipinski definition) is 1. The minimum Gasteiger partial charge on any atom is -0.275 e. The van der Waals surface area contributed by atoms with Crippen molar-refractivity contribution in [1.82, 2.24) is 4.90 Å². The summed E-state index contributed by atoms with van der Waals surface area (Å²) in [5.74, 6) is 0.870. The lowest BCUT2D eigenvalue weighted by Crippen LogP contribution is -2.34. The van der Waals surface area contributed by atoms with Crippen LogP contribution in [0.25, 0.3) is 0 Å². The Hall–Kier alpha value is 0.390. The van der Waals surface area contributed by atoms with Crippen molar-refractivity contribution >= 4 is 7.26 Å². The molecule has 0 aromatic heterocycles. The average Bonchev–Trinajstić information content (AvgIpc) is 2.75. The van der Waals surface area contributed by atoms with Gasteiger partial charge in [-0.05, 0) is 59.0 Å². The second-order valence-corrected chi connectivity index (χ2v) is 14.9. The summed E-state index contributed by atoms with van der Waals surface area (Å²) in [7, 11) is 3.86. The van der Waals surface area contributed by atoms with Gasteiger partial charge in [0.25, 0.3) is 0 Å². The first-order valence-corrected chi connectivity index (χ1v) is 17.0. The maximum absolute atomic E-state index is 2.64. The van der Waals surface area contributed by atoms with Crippen molar-refractivity contribution in [3.05, 3.63) is 0 Å². The predicted octanol–water partition coefficient (Wildman–Crippen LogP) is 10.4. The molecule has 0 aromatic carbocycles. The molecule has 0 N–H and O–H groups in total. The monoisotopic (exact) mass is 456 g/mol. The van der Waals surface area contributed by atoms with E-state index in [4.69, 9.17) is 0 Å². The summed E-state index contributed by atoms with van der Waals surface area (Å²) in [5.41, 5.74) is 0. The second-order valence-electron chi connectivity index (χ2n) is 10.5. The summed E-state index contributed by atoms with van der Waals surface area (Å²) in [5, 5.41) is 0. The van der Waals surface area contributed by atoms with Crippen LogP contribution in [0.5, 0.6) is 0 Å². The quantitative estimate of drug-likeness (QED) is 0.103. The van der Waals surface area contributed by atoms with Crippen LogP contribution in [0, 0.1) is 0 Å². The molecule has 0 aliphatic rings. The summed E-state index contributed by atoms with van der Waals surface area (Å²) >= 11 is 0. The molecule has 0 spiro atoms. The summed E-state index contributed by atoms with van der Waals surface area (Å²) in [6.45, 7) is 9.48. The summed E-state index contributed by atoms with van der Waals surface area (Å²) < 4.78 is 0. The van der Waals surface area contributed by atoms with Crippen LogP contribution in [0.4, 0.5) is 0 Å². The van der Waals surface area contributed by atoms with Crippen LogP contribution in [0.3, 0.4) is 0 Å². The van der Waals surface area contributed by atoms with Gasteiger partial charge < -0.3 is 0 Å². The third-order valence-electron chi connectivity index (χ3n) is 7.46. The molecule has 0 aromatic rings. The first-order chi connectivity index (χ1) is 15.1. The molecule has 0 radical (unpaired) electrons. The molecule has 0 saturated heterocycles. The van der Waals surface area contributed by atoms with Crippen molar-refractivity contribution in [3.63, 3.8) is 0 Å². The van der Waals surface area contributed by atoms with E-state index < -0.39 is 7.26 Å². The molecule has 0 amide bonds. The molecule has 1 nitrogen and oxygen atoms in total.